The van der Waals surface area contributed by atoms with Gasteiger partial charge in [-0.1, -0.05) is 0 Å². The zero-order chi connectivity index (χ0) is 15.8. The molecule has 6 heteroatoms. The zero-order valence-electron chi connectivity index (χ0n) is 12.9. The van der Waals surface area contributed by atoms with Crippen LogP contribution in [0.4, 0.5) is 0 Å². The number of nitrogens with one attached hydrogen (secondary N) is 2. The van der Waals surface area contributed by atoms with Gasteiger partial charge >= 0.3 is 0 Å². The van der Waals surface area contributed by atoms with Crippen LogP contribution in [0.3, 0.4) is 0 Å². The Kier molecular flexibility index (Phi) is 6.12. The van der Waals surface area contributed by atoms with Crippen LogP contribution in [-0.2, 0) is 11.3 Å². The Hall–Kier alpha value is -2.18. The number of H-pyrrole nitrogens is 1. The van der Waals surface area contributed by atoms with Gasteiger partial charge in [-0.25, -0.2) is 5.10 Å². The lowest BCUT2D eigenvalue weighted by atomic mass is 10.1. The molecule has 0 saturated heterocycles. The molecule has 0 radical (unpaired) electrons. The number of nitrogens with zero attached hydrogens (tertiary/aromatic N) is 1. The van der Waals surface area contributed by atoms with E-state index in [1.807, 2.05) is 31.2 Å². The first-order valence-corrected chi connectivity index (χ1v) is 7.26. The average Bonchev–Trinajstić information content (AvgIpc) is 2.54. The topological polar surface area (TPSA) is 76.2 Å². The van der Waals surface area contributed by atoms with Crippen LogP contribution < -0.4 is 15.6 Å². The molecule has 6 nitrogen and oxygen atoms in total. The van der Waals surface area contributed by atoms with Gasteiger partial charge in [-0.15, -0.1) is 0 Å². The molecule has 0 unspecified atom stereocenters. The van der Waals surface area contributed by atoms with Crippen LogP contribution in [0, 0.1) is 0 Å². The van der Waals surface area contributed by atoms with Crippen LogP contribution in [0.2, 0.25) is 0 Å². The van der Waals surface area contributed by atoms with Gasteiger partial charge in [0.2, 0.25) is 0 Å². The third-order valence-electron chi connectivity index (χ3n) is 3.14. The number of hydrogen-bond acceptors (Lipinski definition) is 5. The first kappa shape index (κ1) is 16.2. The number of methoxy groups -OCH3 is 1. The molecule has 2 N–H and O–H groups in total. The van der Waals surface area contributed by atoms with E-state index in [0.29, 0.717) is 31.9 Å². The van der Waals surface area contributed by atoms with Crippen molar-refractivity contribution < 1.29 is 9.47 Å². The van der Waals surface area contributed by atoms with Gasteiger partial charge in [0.05, 0.1) is 18.9 Å². The molecule has 0 amide bonds. The van der Waals surface area contributed by atoms with Crippen molar-refractivity contribution in [3.8, 4) is 17.0 Å². The molecule has 0 atom stereocenters. The lowest BCUT2D eigenvalue weighted by Crippen LogP contribution is -2.24. The lowest BCUT2D eigenvalue weighted by molar-refractivity contribution is 0.199. The number of aromatic amines is 1. The highest BCUT2D eigenvalue weighted by Crippen LogP contribution is 2.20. The van der Waals surface area contributed by atoms with Crippen molar-refractivity contribution in [2.45, 2.75) is 13.5 Å². The summed E-state index contributed by atoms with van der Waals surface area (Å²) in [4.78, 5) is 11.8. The fourth-order valence-corrected chi connectivity index (χ4v) is 2.01. The second-order valence-electron chi connectivity index (χ2n) is 4.73. The number of benzene rings is 1. The fourth-order valence-electron chi connectivity index (χ4n) is 2.01. The minimum Gasteiger partial charge on any atom is -0.494 e. The molecule has 0 aliphatic carbocycles. The Labute approximate surface area is 129 Å². The van der Waals surface area contributed by atoms with Gasteiger partial charge in [-0.05, 0) is 37.3 Å². The van der Waals surface area contributed by atoms with Crippen molar-refractivity contribution >= 4 is 0 Å². The van der Waals surface area contributed by atoms with Crippen LogP contribution in [0.15, 0.2) is 35.1 Å². The summed E-state index contributed by atoms with van der Waals surface area (Å²) in [5.74, 6) is 0.817. The van der Waals surface area contributed by atoms with Gasteiger partial charge in [0.15, 0.2) is 0 Å². The van der Waals surface area contributed by atoms with E-state index in [1.165, 1.54) is 0 Å². The molecule has 0 spiro atoms. The number of aromatic nitrogens is 2. The highest BCUT2D eigenvalue weighted by molar-refractivity contribution is 5.60. The van der Waals surface area contributed by atoms with Crippen molar-refractivity contribution in [1.29, 1.82) is 0 Å². The third kappa shape index (κ3) is 4.41. The molecule has 118 valence electrons. The van der Waals surface area contributed by atoms with Crippen LogP contribution in [0.1, 0.15) is 12.5 Å². The molecule has 0 aliphatic heterocycles. The molecule has 0 fully saturated rings. The molecular formula is C16H21N3O3. The summed E-state index contributed by atoms with van der Waals surface area (Å²) < 4.78 is 10.4. The number of ether oxygens (including phenoxy) is 2. The van der Waals surface area contributed by atoms with E-state index in [4.69, 9.17) is 9.47 Å². The standard InChI is InChI=1S/C16H21N3O3/c1-3-22-14-6-4-12(5-7-14)15-10-13(16(20)19-18-15)11-17-8-9-21-2/h4-7,10,17H,3,8-9,11H2,1-2H3,(H,19,20). The number of rotatable bonds is 8. The quantitative estimate of drug-likeness (QED) is 0.724. The highest BCUT2D eigenvalue weighted by Gasteiger charge is 2.05. The Balaban J connectivity index is 2.12. The molecule has 22 heavy (non-hydrogen) atoms. The van der Waals surface area contributed by atoms with Gasteiger partial charge in [0.1, 0.15) is 5.75 Å². The van der Waals surface area contributed by atoms with Gasteiger partial charge in [0.25, 0.3) is 5.56 Å². The summed E-state index contributed by atoms with van der Waals surface area (Å²) in [6, 6.07) is 9.43. The van der Waals surface area contributed by atoms with Crippen LogP contribution in [0.25, 0.3) is 11.3 Å². The summed E-state index contributed by atoms with van der Waals surface area (Å²) in [6.07, 6.45) is 0. The van der Waals surface area contributed by atoms with Crippen molar-refractivity contribution in [2.75, 3.05) is 26.9 Å². The molecule has 1 heterocycles. The summed E-state index contributed by atoms with van der Waals surface area (Å²) in [5, 5.41) is 9.79. The second kappa shape index (κ2) is 8.31. The van der Waals surface area contributed by atoms with E-state index in [1.54, 1.807) is 13.2 Å². The fraction of sp³-hybridized carbons (Fsp3) is 0.375. The van der Waals surface area contributed by atoms with E-state index >= 15 is 0 Å². The van der Waals surface area contributed by atoms with Gasteiger partial charge < -0.3 is 14.8 Å². The van der Waals surface area contributed by atoms with Crippen molar-refractivity contribution in [3.63, 3.8) is 0 Å². The van der Waals surface area contributed by atoms with Gasteiger partial charge in [-0.2, -0.15) is 5.10 Å². The molecule has 0 saturated carbocycles. The van der Waals surface area contributed by atoms with E-state index in [-0.39, 0.29) is 5.56 Å². The Morgan fingerprint density at radius 2 is 2.05 bits per heavy atom. The molecule has 0 bridgehead atoms. The Bertz CT molecular complexity index is 638. The van der Waals surface area contributed by atoms with E-state index in [0.717, 1.165) is 17.0 Å². The van der Waals surface area contributed by atoms with Crippen molar-refractivity contribution in [2.24, 2.45) is 0 Å². The summed E-state index contributed by atoms with van der Waals surface area (Å²) in [5.41, 5.74) is 2.12. The predicted molar refractivity (Wildman–Crippen MR) is 85.0 cm³/mol. The van der Waals surface area contributed by atoms with Gasteiger partial charge in [0, 0.05) is 31.3 Å². The summed E-state index contributed by atoms with van der Waals surface area (Å²) in [7, 11) is 1.64. The molecule has 2 aromatic rings. The first-order chi connectivity index (χ1) is 10.7. The van der Waals surface area contributed by atoms with E-state index < -0.39 is 0 Å². The SMILES string of the molecule is CCOc1ccc(-c2cc(CNCCOC)c(=O)[nH]n2)cc1. The van der Waals surface area contributed by atoms with Crippen LogP contribution in [0.5, 0.6) is 5.75 Å². The first-order valence-electron chi connectivity index (χ1n) is 7.26. The summed E-state index contributed by atoms with van der Waals surface area (Å²) in [6.45, 7) is 4.35. The molecule has 0 aliphatic rings. The maximum Gasteiger partial charge on any atom is 0.268 e. The minimum atomic E-state index is -0.181. The molecule has 1 aromatic heterocycles. The lowest BCUT2D eigenvalue weighted by Gasteiger charge is -2.07. The third-order valence-corrected chi connectivity index (χ3v) is 3.14. The van der Waals surface area contributed by atoms with Crippen LogP contribution in [-0.4, -0.2) is 37.1 Å². The predicted octanol–water partition coefficient (Wildman–Crippen LogP) is 1.57. The largest absolute Gasteiger partial charge is 0.494 e. The maximum absolute atomic E-state index is 11.8. The van der Waals surface area contributed by atoms with Crippen molar-refractivity contribution in [1.82, 2.24) is 15.5 Å². The van der Waals surface area contributed by atoms with Crippen molar-refractivity contribution in [3.05, 3.63) is 46.2 Å². The van der Waals surface area contributed by atoms with E-state index in [9.17, 15) is 4.79 Å². The molecule has 1 aromatic carbocycles. The highest BCUT2D eigenvalue weighted by atomic mass is 16.5. The molecule has 2 rings (SSSR count). The second-order valence-corrected chi connectivity index (χ2v) is 4.73. The monoisotopic (exact) mass is 303 g/mol. The Morgan fingerprint density at radius 3 is 2.73 bits per heavy atom. The minimum absolute atomic E-state index is 0.181. The van der Waals surface area contributed by atoms with E-state index in [2.05, 4.69) is 15.5 Å². The molecular weight excluding hydrogens is 282 g/mol. The Morgan fingerprint density at radius 1 is 1.27 bits per heavy atom. The van der Waals surface area contributed by atoms with Gasteiger partial charge in [-0.3, -0.25) is 4.79 Å². The summed E-state index contributed by atoms with van der Waals surface area (Å²) >= 11 is 0. The normalized spacial score (nSPS) is 10.6. The maximum atomic E-state index is 11.8. The smallest absolute Gasteiger partial charge is 0.268 e. The zero-order valence-corrected chi connectivity index (χ0v) is 12.9. The van der Waals surface area contributed by atoms with Crippen LogP contribution >= 0.6 is 0 Å². The number of hydrogen-bond donors (Lipinski definition) is 2. The average molecular weight is 303 g/mol.